The normalized spacial score (nSPS) is 25.7. The number of nitrogens with zero attached hydrogens (tertiary/aromatic N) is 1. The summed E-state index contributed by atoms with van der Waals surface area (Å²) in [6.45, 7) is 2.20. The zero-order valence-electron chi connectivity index (χ0n) is 7.42. The molecule has 0 spiro atoms. The van der Waals surface area contributed by atoms with Gasteiger partial charge in [0.2, 0.25) is 0 Å². The highest BCUT2D eigenvalue weighted by molar-refractivity contribution is 6.30. The maximum absolute atomic E-state index is 5.73. The first-order chi connectivity index (χ1) is 6.16. The fraction of sp³-hybridized carbons (Fsp3) is 0.444. The molecule has 0 aliphatic heterocycles. The Morgan fingerprint density at radius 3 is 2.92 bits per heavy atom. The molecule has 0 radical (unpaired) electrons. The van der Waals surface area contributed by atoms with Gasteiger partial charge in [0, 0.05) is 12.2 Å². The van der Waals surface area contributed by atoms with Gasteiger partial charge in [0.15, 0.2) is 0 Å². The molecule has 2 unspecified atom stereocenters. The first kappa shape index (κ1) is 8.63. The lowest BCUT2D eigenvalue weighted by molar-refractivity contribution is 0.924. The number of pyridine rings is 1. The zero-order valence-corrected chi connectivity index (χ0v) is 8.17. The van der Waals surface area contributed by atoms with Gasteiger partial charge in [0.05, 0.1) is 10.7 Å². The molecule has 0 saturated heterocycles. The second-order valence-corrected chi connectivity index (χ2v) is 3.99. The first-order valence-corrected chi connectivity index (χ1v) is 4.72. The highest BCUT2D eigenvalue weighted by Crippen LogP contribution is 2.33. The smallest absolute Gasteiger partial charge is 0.149 e. The Kier molecular flexibility index (Phi) is 2.04. The minimum Gasteiger partial charge on any atom is -0.396 e. The van der Waals surface area contributed by atoms with E-state index >= 15 is 0 Å². The van der Waals surface area contributed by atoms with E-state index in [1.54, 1.807) is 12.3 Å². The van der Waals surface area contributed by atoms with Crippen molar-refractivity contribution in [1.29, 1.82) is 0 Å². The quantitative estimate of drug-likeness (QED) is 0.764. The first-order valence-electron chi connectivity index (χ1n) is 4.34. The van der Waals surface area contributed by atoms with Gasteiger partial charge in [-0.05, 0) is 18.4 Å². The molecular weight excluding hydrogens is 186 g/mol. The summed E-state index contributed by atoms with van der Waals surface area (Å²) in [5, 5.41) is 3.84. The predicted octanol–water partition coefficient (Wildman–Crippen LogP) is 2.14. The van der Waals surface area contributed by atoms with Gasteiger partial charge in [0.1, 0.15) is 5.82 Å². The third-order valence-electron chi connectivity index (χ3n) is 2.32. The van der Waals surface area contributed by atoms with E-state index in [4.69, 9.17) is 17.3 Å². The molecule has 4 heteroatoms. The van der Waals surface area contributed by atoms with Crippen LogP contribution in [0, 0.1) is 5.92 Å². The van der Waals surface area contributed by atoms with E-state index in [0.717, 1.165) is 11.7 Å². The molecule has 1 aromatic rings. The second-order valence-electron chi connectivity index (χ2n) is 3.56. The largest absolute Gasteiger partial charge is 0.396 e. The van der Waals surface area contributed by atoms with Crippen LogP contribution in [0.3, 0.4) is 0 Å². The Bertz CT molecular complexity index is 327. The van der Waals surface area contributed by atoms with Crippen molar-refractivity contribution in [2.75, 3.05) is 11.1 Å². The summed E-state index contributed by atoms with van der Waals surface area (Å²) in [6.07, 6.45) is 2.80. The van der Waals surface area contributed by atoms with Crippen molar-refractivity contribution in [3.05, 3.63) is 17.3 Å². The summed E-state index contributed by atoms with van der Waals surface area (Å²) in [5.41, 5.74) is 6.35. The van der Waals surface area contributed by atoms with Crippen LogP contribution >= 0.6 is 11.6 Å². The Balaban J connectivity index is 2.11. The molecule has 1 aliphatic rings. The van der Waals surface area contributed by atoms with Crippen molar-refractivity contribution < 1.29 is 0 Å². The van der Waals surface area contributed by atoms with Crippen molar-refractivity contribution >= 4 is 23.1 Å². The molecule has 1 saturated carbocycles. The van der Waals surface area contributed by atoms with Crippen molar-refractivity contribution in [3.63, 3.8) is 0 Å². The van der Waals surface area contributed by atoms with E-state index in [1.807, 2.05) is 0 Å². The van der Waals surface area contributed by atoms with Gasteiger partial charge in [-0.2, -0.15) is 0 Å². The number of anilines is 2. The number of hydrogen-bond acceptors (Lipinski definition) is 3. The molecule has 1 aliphatic carbocycles. The molecule has 3 N–H and O–H groups in total. The van der Waals surface area contributed by atoms with Gasteiger partial charge in [-0.3, -0.25) is 0 Å². The standard InChI is InChI=1S/C9H12ClN3/c1-5-2-8(5)13-9-7(11)3-6(10)4-12-9/h3-5,8H,2,11H2,1H3,(H,12,13). The number of aromatic nitrogens is 1. The third kappa shape index (κ3) is 1.86. The number of nitrogens with one attached hydrogen (secondary N) is 1. The molecular formula is C9H12ClN3. The molecule has 0 aromatic carbocycles. The van der Waals surface area contributed by atoms with Crippen LogP contribution in [0.15, 0.2) is 12.3 Å². The zero-order chi connectivity index (χ0) is 9.42. The maximum Gasteiger partial charge on any atom is 0.149 e. The predicted molar refractivity (Wildman–Crippen MR) is 54.9 cm³/mol. The van der Waals surface area contributed by atoms with Crippen LogP contribution in [0.4, 0.5) is 11.5 Å². The highest BCUT2D eigenvalue weighted by Gasteiger charge is 2.32. The van der Waals surface area contributed by atoms with Crippen LogP contribution in [0.1, 0.15) is 13.3 Å². The van der Waals surface area contributed by atoms with E-state index < -0.39 is 0 Å². The summed E-state index contributed by atoms with van der Waals surface area (Å²) in [4.78, 5) is 4.12. The van der Waals surface area contributed by atoms with Crippen molar-refractivity contribution in [2.45, 2.75) is 19.4 Å². The van der Waals surface area contributed by atoms with Crippen LogP contribution in [-0.2, 0) is 0 Å². The summed E-state index contributed by atoms with van der Waals surface area (Å²) >= 11 is 5.73. The Hall–Kier alpha value is -0.960. The molecule has 2 atom stereocenters. The maximum atomic E-state index is 5.73. The average Bonchev–Trinajstić information content (AvgIpc) is 2.73. The second kappa shape index (κ2) is 3.07. The van der Waals surface area contributed by atoms with Crippen molar-refractivity contribution in [1.82, 2.24) is 4.98 Å². The SMILES string of the molecule is CC1CC1Nc1ncc(Cl)cc1N. The topological polar surface area (TPSA) is 50.9 Å². The number of halogens is 1. The van der Waals surface area contributed by atoms with Crippen LogP contribution in [0.2, 0.25) is 5.02 Å². The molecule has 0 bridgehead atoms. The Morgan fingerprint density at radius 1 is 1.69 bits per heavy atom. The third-order valence-corrected chi connectivity index (χ3v) is 2.52. The molecule has 2 rings (SSSR count). The molecule has 70 valence electrons. The molecule has 13 heavy (non-hydrogen) atoms. The van der Waals surface area contributed by atoms with Crippen molar-refractivity contribution in [3.8, 4) is 0 Å². The van der Waals surface area contributed by atoms with Gasteiger partial charge in [-0.1, -0.05) is 18.5 Å². The molecule has 3 nitrogen and oxygen atoms in total. The van der Waals surface area contributed by atoms with Gasteiger partial charge >= 0.3 is 0 Å². The van der Waals surface area contributed by atoms with E-state index in [-0.39, 0.29) is 0 Å². The molecule has 0 amide bonds. The van der Waals surface area contributed by atoms with Crippen molar-refractivity contribution in [2.24, 2.45) is 5.92 Å². The minimum absolute atomic E-state index is 0.538. The lowest BCUT2D eigenvalue weighted by atomic mass is 10.4. The summed E-state index contributed by atoms with van der Waals surface area (Å²) in [6, 6.07) is 2.25. The summed E-state index contributed by atoms with van der Waals surface area (Å²) in [7, 11) is 0. The average molecular weight is 198 g/mol. The Morgan fingerprint density at radius 2 is 2.38 bits per heavy atom. The van der Waals surface area contributed by atoms with Crippen LogP contribution in [-0.4, -0.2) is 11.0 Å². The van der Waals surface area contributed by atoms with E-state index in [2.05, 4.69) is 17.2 Å². The molecule has 1 heterocycles. The Labute approximate surface area is 82.3 Å². The van der Waals surface area contributed by atoms with Gasteiger partial charge in [0.25, 0.3) is 0 Å². The van der Waals surface area contributed by atoms with Crippen LogP contribution in [0.5, 0.6) is 0 Å². The number of nitrogen functional groups attached to an aromatic ring is 1. The number of nitrogens with two attached hydrogens (primary N) is 1. The number of rotatable bonds is 2. The monoisotopic (exact) mass is 197 g/mol. The van der Waals surface area contributed by atoms with Gasteiger partial charge in [-0.25, -0.2) is 4.98 Å². The van der Waals surface area contributed by atoms with Gasteiger partial charge in [-0.15, -0.1) is 0 Å². The number of hydrogen-bond donors (Lipinski definition) is 2. The van der Waals surface area contributed by atoms with E-state index in [9.17, 15) is 0 Å². The fourth-order valence-corrected chi connectivity index (χ4v) is 1.44. The fourth-order valence-electron chi connectivity index (χ4n) is 1.27. The van der Waals surface area contributed by atoms with Gasteiger partial charge < -0.3 is 11.1 Å². The highest BCUT2D eigenvalue weighted by atomic mass is 35.5. The van der Waals surface area contributed by atoms with Crippen LogP contribution < -0.4 is 11.1 Å². The minimum atomic E-state index is 0.538. The van der Waals surface area contributed by atoms with E-state index in [0.29, 0.717) is 16.8 Å². The summed E-state index contributed by atoms with van der Waals surface area (Å²) in [5.74, 6) is 1.48. The van der Waals surface area contributed by atoms with E-state index in [1.165, 1.54) is 6.42 Å². The lowest BCUT2D eigenvalue weighted by Gasteiger charge is -2.06. The molecule has 1 aromatic heterocycles. The summed E-state index contributed by atoms with van der Waals surface area (Å²) < 4.78 is 0. The molecule has 1 fully saturated rings. The lowest BCUT2D eigenvalue weighted by Crippen LogP contribution is -2.07. The van der Waals surface area contributed by atoms with Crippen LogP contribution in [0.25, 0.3) is 0 Å².